The van der Waals surface area contributed by atoms with Gasteiger partial charge in [0.1, 0.15) is 11.6 Å². The molecule has 5 aromatic carbocycles. The van der Waals surface area contributed by atoms with Gasteiger partial charge in [0.2, 0.25) is 0 Å². The fraction of sp³-hybridized carbons (Fsp3) is 0. The number of nitrogens with zero attached hydrogens (tertiary/aromatic N) is 1. The molecule has 5 aromatic rings. The van der Waals surface area contributed by atoms with E-state index in [1.807, 2.05) is 91.0 Å². The average Bonchev–Trinajstić information content (AvgIpc) is 2.81. The molecule has 0 fully saturated rings. The van der Waals surface area contributed by atoms with E-state index in [2.05, 4.69) is 17.5 Å². The lowest BCUT2D eigenvalue weighted by Crippen LogP contribution is -2.13. The molecule has 0 saturated carbocycles. The van der Waals surface area contributed by atoms with Gasteiger partial charge in [0.15, 0.2) is 0 Å². The Morgan fingerprint density at radius 3 is 1.94 bits per heavy atom. The third-order valence-electron chi connectivity index (χ3n) is 5.47. The molecule has 0 unspecified atom stereocenters. The SMILES string of the molecule is N#C/C(=C/c1c2ccccc2cc2ccccc12)C(=O)Nc1ccc2ccccc2c1. The third-order valence-corrected chi connectivity index (χ3v) is 5.47. The first kappa shape index (κ1) is 18.6. The van der Waals surface area contributed by atoms with Crippen molar-refractivity contribution in [3.63, 3.8) is 0 Å². The summed E-state index contributed by atoms with van der Waals surface area (Å²) in [6.07, 6.45) is 1.70. The lowest BCUT2D eigenvalue weighted by Gasteiger charge is -2.10. The summed E-state index contributed by atoms with van der Waals surface area (Å²) in [5.74, 6) is -0.421. The van der Waals surface area contributed by atoms with Gasteiger partial charge in [0.25, 0.3) is 5.91 Å². The Kier molecular flexibility index (Phi) is 4.67. The average molecular weight is 398 g/mol. The zero-order chi connectivity index (χ0) is 21.2. The number of benzene rings is 5. The highest BCUT2D eigenvalue weighted by molar-refractivity contribution is 6.14. The Morgan fingerprint density at radius 2 is 1.29 bits per heavy atom. The van der Waals surface area contributed by atoms with E-state index in [1.54, 1.807) is 6.08 Å². The zero-order valence-corrected chi connectivity index (χ0v) is 16.7. The summed E-state index contributed by atoms with van der Waals surface area (Å²) in [5.41, 5.74) is 1.60. The van der Waals surface area contributed by atoms with Crippen molar-refractivity contribution in [2.24, 2.45) is 0 Å². The van der Waals surface area contributed by atoms with Crippen molar-refractivity contribution in [3.05, 3.63) is 108 Å². The van der Waals surface area contributed by atoms with Crippen LogP contribution in [0.4, 0.5) is 5.69 Å². The maximum atomic E-state index is 13.0. The van der Waals surface area contributed by atoms with Gasteiger partial charge in [-0.15, -0.1) is 0 Å². The number of rotatable bonds is 3. The minimum absolute atomic E-state index is 0.0645. The smallest absolute Gasteiger partial charge is 0.266 e. The first-order chi connectivity index (χ1) is 15.2. The molecule has 1 N–H and O–H groups in total. The number of hydrogen-bond acceptors (Lipinski definition) is 2. The van der Waals surface area contributed by atoms with Crippen molar-refractivity contribution >= 4 is 50.0 Å². The summed E-state index contributed by atoms with van der Waals surface area (Å²) in [7, 11) is 0. The van der Waals surface area contributed by atoms with Gasteiger partial charge in [-0.3, -0.25) is 4.79 Å². The van der Waals surface area contributed by atoms with E-state index < -0.39 is 5.91 Å². The highest BCUT2D eigenvalue weighted by Gasteiger charge is 2.13. The van der Waals surface area contributed by atoms with E-state index in [0.717, 1.165) is 37.9 Å². The van der Waals surface area contributed by atoms with Gasteiger partial charge in [-0.2, -0.15) is 5.26 Å². The van der Waals surface area contributed by atoms with Gasteiger partial charge in [0, 0.05) is 5.69 Å². The second-order valence-corrected chi connectivity index (χ2v) is 7.42. The second kappa shape index (κ2) is 7.78. The van der Waals surface area contributed by atoms with Crippen LogP contribution >= 0.6 is 0 Å². The topological polar surface area (TPSA) is 52.9 Å². The quantitative estimate of drug-likeness (QED) is 0.209. The Hall–Kier alpha value is -4.42. The van der Waals surface area contributed by atoms with Crippen LogP contribution in [0.15, 0.2) is 103 Å². The number of carbonyl (C=O) groups is 1. The van der Waals surface area contributed by atoms with Crippen molar-refractivity contribution in [3.8, 4) is 6.07 Å². The molecule has 0 aliphatic carbocycles. The first-order valence-electron chi connectivity index (χ1n) is 10.1. The van der Waals surface area contributed by atoms with E-state index in [4.69, 9.17) is 0 Å². The fourth-order valence-electron chi connectivity index (χ4n) is 3.96. The van der Waals surface area contributed by atoms with E-state index in [1.165, 1.54) is 0 Å². The molecule has 31 heavy (non-hydrogen) atoms. The molecular formula is C28H18N2O. The molecule has 3 nitrogen and oxygen atoms in total. The number of nitrogens with one attached hydrogen (secondary N) is 1. The maximum absolute atomic E-state index is 13.0. The zero-order valence-electron chi connectivity index (χ0n) is 16.7. The summed E-state index contributed by atoms with van der Waals surface area (Å²) >= 11 is 0. The van der Waals surface area contributed by atoms with Gasteiger partial charge in [-0.1, -0.05) is 78.9 Å². The van der Waals surface area contributed by atoms with Crippen molar-refractivity contribution in [1.29, 1.82) is 5.26 Å². The van der Waals surface area contributed by atoms with Crippen LogP contribution in [-0.4, -0.2) is 5.91 Å². The predicted molar refractivity (Wildman–Crippen MR) is 128 cm³/mol. The van der Waals surface area contributed by atoms with Gasteiger partial charge < -0.3 is 5.32 Å². The Bertz CT molecular complexity index is 1490. The van der Waals surface area contributed by atoms with E-state index >= 15 is 0 Å². The summed E-state index contributed by atoms with van der Waals surface area (Å²) in [4.78, 5) is 13.0. The lowest BCUT2D eigenvalue weighted by molar-refractivity contribution is -0.112. The van der Waals surface area contributed by atoms with Crippen LogP contribution in [-0.2, 0) is 4.79 Å². The lowest BCUT2D eigenvalue weighted by atomic mass is 9.95. The number of nitriles is 1. The van der Waals surface area contributed by atoms with Crippen LogP contribution in [0.2, 0.25) is 0 Å². The number of hydrogen-bond donors (Lipinski definition) is 1. The Morgan fingerprint density at radius 1 is 0.710 bits per heavy atom. The van der Waals surface area contributed by atoms with Gasteiger partial charge in [0.05, 0.1) is 0 Å². The minimum atomic E-state index is -0.421. The summed E-state index contributed by atoms with van der Waals surface area (Å²) in [6.45, 7) is 0. The van der Waals surface area contributed by atoms with Gasteiger partial charge in [-0.25, -0.2) is 0 Å². The number of fused-ring (bicyclic) bond motifs is 3. The first-order valence-corrected chi connectivity index (χ1v) is 10.1. The van der Waals surface area contributed by atoms with Crippen LogP contribution in [0.25, 0.3) is 38.4 Å². The van der Waals surface area contributed by atoms with Crippen LogP contribution < -0.4 is 5.32 Å². The molecule has 0 atom stereocenters. The van der Waals surface area contributed by atoms with Crippen molar-refractivity contribution < 1.29 is 4.79 Å². The van der Waals surface area contributed by atoms with E-state index in [9.17, 15) is 10.1 Å². The minimum Gasteiger partial charge on any atom is -0.321 e. The summed E-state index contributed by atoms with van der Waals surface area (Å²) in [6, 6.07) is 33.9. The summed E-state index contributed by atoms with van der Waals surface area (Å²) < 4.78 is 0. The molecule has 0 heterocycles. The largest absolute Gasteiger partial charge is 0.321 e. The molecule has 0 bridgehead atoms. The van der Waals surface area contributed by atoms with Crippen LogP contribution in [0.3, 0.4) is 0 Å². The Balaban J connectivity index is 1.58. The molecule has 0 spiro atoms. The molecule has 146 valence electrons. The molecule has 1 amide bonds. The van der Waals surface area contributed by atoms with Crippen LogP contribution in [0, 0.1) is 11.3 Å². The monoisotopic (exact) mass is 398 g/mol. The normalized spacial score (nSPS) is 11.5. The highest BCUT2D eigenvalue weighted by Crippen LogP contribution is 2.30. The molecule has 0 saturated heterocycles. The number of carbonyl (C=O) groups excluding carboxylic acids is 1. The van der Waals surface area contributed by atoms with Crippen LogP contribution in [0.5, 0.6) is 0 Å². The van der Waals surface area contributed by atoms with Gasteiger partial charge in [-0.05, 0) is 62.2 Å². The fourth-order valence-corrected chi connectivity index (χ4v) is 3.96. The molecule has 0 aliphatic rings. The standard InChI is InChI=1S/C28H18N2O/c29-18-23(28(31)30-24-14-13-19-7-1-2-8-20(19)16-24)17-27-25-11-5-3-9-21(25)15-22-10-4-6-12-26(22)27/h1-17H,(H,30,31)/b23-17-. The second-order valence-electron chi connectivity index (χ2n) is 7.42. The van der Waals surface area contributed by atoms with Crippen LogP contribution in [0.1, 0.15) is 5.56 Å². The van der Waals surface area contributed by atoms with Crippen molar-refractivity contribution in [1.82, 2.24) is 0 Å². The van der Waals surface area contributed by atoms with E-state index in [0.29, 0.717) is 5.69 Å². The maximum Gasteiger partial charge on any atom is 0.266 e. The van der Waals surface area contributed by atoms with Crippen molar-refractivity contribution in [2.45, 2.75) is 0 Å². The van der Waals surface area contributed by atoms with Gasteiger partial charge >= 0.3 is 0 Å². The molecule has 3 heteroatoms. The van der Waals surface area contributed by atoms with E-state index in [-0.39, 0.29) is 5.57 Å². The Labute approximate surface area is 179 Å². The summed E-state index contributed by atoms with van der Waals surface area (Å²) in [5, 5.41) is 18.9. The molecule has 0 aliphatic heterocycles. The number of anilines is 1. The molecule has 0 aromatic heterocycles. The molecular weight excluding hydrogens is 380 g/mol. The molecule has 0 radical (unpaired) electrons. The third kappa shape index (κ3) is 3.52. The molecule has 5 rings (SSSR count). The number of amides is 1. The predicted octanol–water partition coefficient (Wildman–Crippen LogP) is 6.69. The highest BCUT2D eigenvalue weighted by atomic mass is 16.1. The van der Waals surface area contributed by atoms with Crippen molar-refractivity contribution in [2.75, 3.05) is 5.32 Å².